The largest absolute Gasteiger partial charge is 0.456 e. The van der Waals surface area contributed by atoms with Crippen LogP contribution in [0, 0.1) is 5.92 Å². The van der Waals surface area contributed by atoms with E-state index in [4.69, 9.17) is 27.9 Å². The summed E-state index contributed by atoms with van der Waals surface area (Å²) in [5.41, 5.74) is 0.443. The molecule has 1 aliphatic rings. The first-order valence-corrected chi connectivity index (χ1v) is 8.20. The molecule has 0 aromatic heterocycles. The lowest BCUT2D eigenvalue weighted by molar-refractivity contribution is -0.147. The van der Waals surface area contributed by atoms with Gasteiger partial charge in [-0.1, -0.05) is 48.9 Å². The third-order valence-corrected chi connectivity index (χ3v) is 4.35. The molecular weight excluding hydrogens is 325 g/mol. The van der Waals surface area contributed by atoms with Crippen LogP contribution in [0.15, 0.2) is 18.2 Å². The molecule has 1 aromatic carbocycles. The van der Waals surface area contributed by atoms with Crippen LogP contribution in [0.25, 0.3) is 0 Å². The van der Waals surface area contributed by atoms with Gasteiger partial charge in [-0.05, 0) is 30.5 Å². The Bertz CT molecular complexity index is 542. The van der Waals surface area contributed by atoms with Crippen molar-refractivity contribution in [3.63, 3.8) is 0 Å². The summed E-state index contributed by atoms with van der Waals surface area (Å²) < 4.78 is 4.98. The second-order valence-electron chi connectivity index (χ2n) is 5.52. The number of esters is 1. The minimum Gasteiger partial charge on any atom is -0.456 e. The molecule has 1 amide bonds. The molecule has 1 saturated carbocycles. The van der Waals surface area contributed by atoms with E-state index >= 15 is 0 Å². The Morgan fingerprint density at radius 2 is 1.95 bits per heavy atom. The number of carbonyl (C=O) groups is 2. The van der Waals surface area contributed by atoms with E-state index in [1.54, 1.807) is 12.1 Å². The first-order chi connectivity index (χ1) is 10.5. The van der Waals surface area contributed by atoms with Gasteiger partial charge >= 0.3 is 5.97 Å². The summed E-state index contributed by atoms with van der Waals surface area (Å²) in [6.45, 7) is -0.303. The first-order valence-electron chi connectivity index (χ1n) is 7.45. The van der Waals surface area contributed by atoms with Crippen LogP contribution in [0.3, 0.4) is 0 Å². The molecule has 0 heterocycles. The van der Waals surface area contributed by atoms with E-state index in [0.29, 0.717) is 28.1 Å². The van der Waals surface area contributed by atoms with Crippen LogP contribution in [0.2, 0.25) is 10.0 Å². The summed E-state index contributed by atoms with van der Waals surface area (Å²) >= 11 is 11.7. The summed E-state index contributed by atoms with van der Waals surface area (Å²) in [5, 5.41) is 3.41. The van der Waals surface area contributed by atoms with Crippen LogP contribution < -0.4 is 5.32 Å². The molecule has 22 heavy (non-hydrogen) atoms. The predicted octanol–water partition coefficient (Wildman–Crippen LogP) is 4.45. The van der Waals surface area contributed by atoms with E-state index in [2.05, 4.69) is 5.32 Å². The van der Waals surface area contributed by atoms with E-state index < -0.39 is 5.91 Å². The zero-order valence-corrected chi connectivity index (χ0v) is 13.8. The molecule has 4 nitrogen and oxygen atoms in total. The van der Waals surface area contributed by atoms with Crippen molar-refractivity contribution in [1.29, 1.82) is 0 Å². The van der Waals surface area contributed by atoms with Crippen molar-refractivity contribution in [2.45, 2.75) is 38.5 Å². The Balaban J connectivity index is 1.69. The number of carbonyl (C=O) groups excluding carboxylic acids is 2. The number of rotatable bonds is 6. The molecule has 1 aliphatic carbocycles. The monoisotopic (exact) mass is 343 g/mol. The van der Waals surface area contributed by atoms with Gasteiger partial charge in [-0.2, -0.15) is 0 Å². The molecule has 1 aromatic rings. The Labute approximate surface area is 140 Å². The van der Waals surface area contributed by atoms with Gasteiger partial charge in [0.15, 0.2) is 6.61 Å². The lowest BCUT2D eigenvalue weighted by Crippen LogP contribution is -2.21. The number of nitrogens with one attached hydrogen (secondary N) is 1. The van der Waals surface area contributed by atoms with Gasteiger partial charge in [-0.15, -0.1) is 0 Å². The minimum atomic E-state index is -0.418. The number of halogens is 2. The lowest BCUT2D eigenvalue weighted by Gasteiger charge is -2.10. The van der Waals surface area contributed by atoms with Gasteiger partial charge in [0.05, 0.1) is 10.7 Å². The van der Waals surface area contributed by atoms with Crippen LogP contribution >= 0.6 is 23.2 Å². The van der Waals surface area contributed by atoms with E-state index in [0.717, 1.165) is 6.42 Å². The van der Waals surface area contributed by atoms with Crippen molar-refractivity contribution in [1.82, 2.24) is 0 Å². The predicted molar refractivity (Wildman–Crippen MR) is 87.2 cm³/mol. The molecule has 1 fully saturated rings. The maximum atomic E-state index is 11.7. The normalized spacial score (nSPS) is 14.8. The molecule has 0 radical (unpaired) electrons. The second-order valence-corrected chi connectivity index (χ2v) is 6.37. The van der Waals surface area contributed by atoms with E-state index in [9.17, 15) is 9.59 Å². The van der Waals surface area contributed by atoms with Gasteiger partial charge in [-0.25, -0.2) is 0 Å². The Hall–Kier alpha value is -1.26. The molecule has 120 valence electrons. The fourth-order valence-corrected chi connectivity index (χ4v) is 3.07. The van der Waals surface area contributed by atoms with Crippen LogP contribution in [0.5, 0.6) is 0 Å². The quantitative estimate of drug-likeness (QED) is 0.776. The number of hydrogen-bond donors (Lipinski definition) is 1. The van der Waals surface area contributed by atoms with E-state index in [1.807, 2.05) is 0 Å². The Kier molecular flexibility index (Phi) is 6.52. The highest BCUT2D eigenvalue weighted by molar-refractivity contribution is 6.36. The third kappa shape index (κ3) is 5.50. The maximum absolute atomic E-state index is 11.7. The van der Waals surface area contributed by atoms with E-state index in [-0.39, 0.29) is 12.6 Å². The summed E-state index contributed by atoms with van der Waals surface area (Å²) in [7, 11) is 0. The molecule has 1 N–H and O–H groups in total. The molecular formula is C16H19Cl2NO3. The van der Waals surface area contributed by atoms with Gasteiger partial charge < -0.3 is 10.1 Å². The fourth-order valence-electron chi connectivity index (χ4n) is 2.62. The van der Waals surface area contributed by atoms with Crippen LogP contribution in [-0.2, 0) is 14.3 Å². The average Bonchev–Trinajstić information content (AvgIpc) is 2.99. The second kappa shape index (κ2) is 8.39. The third-order valence-electron chi connectivity index (χ3n) is 3.80. The summed E-state index contributed by atoms with van der Waals surface area (Å²) in [6, 6.07) is 4.76. The van der Waals surface area contributed by atoms with Crippen molar-refractivity contribution in [3.05, 3.63) is 28.2 Å². The fraction of sp³-hybridized carbons (Fsp3) is 0.500. The Morgan fingerprint density at radius 1 is 1.23 bits per heavy atom. The van der Waals surface area contributed by atoms with E-state index in [1.165, 1.54) is 31.7 Å². The summed E-state index contributed by atoms with van der Waals surface area (Å²) in [6.07, 6.45) is 6.13. The topological polar surface area (TPSA) is 55.4 Å². The zero-order chi connectivity index (χ0) is 15.9. The number of hydrogen-bond acceptors (Lipinski definition) is 3. The van der Waals surface area contributed by atoms with Gasteiger partial charge in [0.2, 0.25) is 0 Å². The van der Waals surface area contributed by atoms with Gasteiger partial charge in [0, 0.05) is 11.4 Å². The van der Waals surface area contributed by atoms with Crippen molar-refractivity contribution in [2.75, 3.05) is 11.9 Å². The average molecular weight is 344 g/mol. The highest BCUT2D eigenvalue weighted by Gasteiger charge is 2.17. The van der Waals surface area contributed by atoms with Crippen LogP contribution in [0.1, 0.15) is 38.5 Å². The van der Waals surface area contributed by atoms with Crippen molar-refractivity contribution in [2.24, 2.45) is 5.92 Å². The van der Waals surface area contributed by atoms with Gasteiger partial charge in [0.1, 0.15) is 0 Å². The first kappa shape index (κ1) is 17.1. The number of anilines is 1. The summed E-state index contributed by atoms with van der Waals surface area (Å²) in [5.74, 6) is -0.114. The highest BCUT2D eigenvalue weighted by Crippen LogP contribution is 2.28. The highest BCUT2D eigenvalue weighted by atomic mass is 35.5. The van der Waals surface area contributed by atoms with Gasteiger partial charge in [0.25, 0.3) is 5.91 Å². The Morgan fingerprint density at radius 3 is 2.64 bits per heavy atom. The molecule has 0 unspecified atom stereocenters. The minimum absolute atomic E-state index is 0.303. The lowest BCUT2D eigenvalue weighted by atomic mass is 10.0. The van der Waals surface area contributed by atoms with Crippen molar-refractivity contribution in [3.8, 4) is 0 Å². The molecule has 0 aliphatic heterocycles. The maximum Gasteiger partial charge on any atom is 0.306 e. The van der Waals surface area contributed by atoms with Crippen molar-refractivity contribution >= 4 is 40.8 Å². The smallest absolute Gasteiger partial charge is 0.306 e. The zero-order valence-electron chi connectivity index (χ0n) is 12.2. The molecule has 2 rings (SSSR count). The standard InChI is InChI=1S/C16H19Cl2NO3/c17-12-6-7-14(13(18)9-12)19-15(20)10-22-16(21)8-5-11-3-1-2-4-11/h6-7,9,11H,1-5,8,10H2,(H,19,20). The SMILES string of the molecule is O=C(COC(=O)CCC1CCCC1)Nc1ccc(Cl)cc1Cl. The molecule has 0 saturated heterocycles. The molecule has 6 heteroatoms. The molecule has 0 spiro atoms. The molecule has 0 bridgehead atoms. The van der Waals surface area contributed by atoms with Crippen LogP contribution in [-0.4, -0.2) is 18.5 Å². The summed E-state index contributed by atoms with van der Waals surface area (Å²) in [4.78, 5) is 23.4. The number of benzene rings is 1. The molecule has 0 atom stereocenters. The van der Waals surface area contributed by atoms with Crippen LogP contribution in [0.4, 0.5) is 5.69 Å². The van der Waals surface area contributed by atoms with Crippen molar-refractivity contribution < 1.29 is 14.3 Å². The number of ether oxygens (including phenoxy) is 1. The van der Waals surface area contributed by atoms with Gasteiger partial charge in [-0.3, -0.25) is 9.59 Å². The number of amides is 1.